The maximum Gasteiger partial charge on any atom is 0.272 e. The van der Waals surface area contributed by atoms with E-state index in [-0.39, 0.29) is 12.5 Å². The number of hydrazone groups is 1. The summed E-state index contributed by atoms with van der Waals surface area (Å²) in [5.74, 6) is 0.279. The lowest BCUT2D eigenvalue weighted by Gasteiger charge is -2.22. The molecule has 5 rings (SSSR count). The van der Waals surface area contributed by atoms with Gasteiger partial charge in [-0.25, -0.2) is 10.4 Å². The van der Waals surface area contributed by atoms with E-state index in [4.69, 9.17) is 32.9 Å². The van der Waals surface area contributed by atoms with E-state index in [1.54, 1.807) is 24.4 Å². The number of carbonyl (C=O) groups excluding carboxylic acids is 1. The van der Waals surface area contributed by atoms with Crippen LogP contribution in [0.5, 0.6) is 5.75 Å². The normalized spacial score (nSPS) is 11.1. The largest absolute Gasteiger partial charge is 0.488 e. The average molecular weight is 598 g/mol. The molecule has 5 aromatic rings. The Hall–Kier alpha value is -4.39. The number of benzene rings is 4. The minimum Gasteiger partial charge on any atom is -0.488 e. The van der Waals surface area contributed by atoms with Gasteiger partial charge in [0.2, 0.25) is 0 Å². The maximum absolute atomic E-state index is 13.4. The number of pyridine rings is 1. The van der Waals surface area contributed by atoms with Crippen LogP contribution in [0.3, 0.4) is 0 Å². The summed E-state index contributed by atoms with van der Waals surface area (Å²) in [6.07, 6.45) is 1.59. The lowest BCUT2D eigenvalue weighted by Crippen LogP contribution is -2.22. The average Bonchev–Trinajstić information content (AvgIpc) is 3.01. The van der Waals surface area contributed by atoms with Crippen molar-refractivity contribution in [2.45, 2.75) is 20.5 Å². The number of ether oxygens (including phenoxy) is 1. The molecule has 0 saturated carbocycles. The van der Waals surface area contributed by atoms with Crippen LogP contribution in [0.15, 0.2) is 102 Å². The Morgan fingerprint density at radius 3 is 2.45 bits per heavy atom. The van der Waals surface area contributed by atoms with E-state index in [0.29, 0.717) is 32.6 Å². The maximum atomic E-state index is 13.4. The molecule has 0 saturated heterocycles. The van der Waals surface area contributed by atoms with E-state index < -0.39 is 0 Å². The smallest absolute Gasteiger partial charge is 0.272 e. The zero-order chi connectivity index (χ0) is 29.5. The fourth-order valence-electron chi connectivity index (χ4n) is 4.68. The summed E-state index contributed by atoms with van der Waals surface area (Å²) in [5, 5.41) is 6.15. The van der Waals surface area contributed by atoms with Crippen LogP contribution in [0, 0.1) is 0 Å². The van der Waals surface area contributed by atoms with E-state index in [9.17, 15) is 4.79 Å². The quantitative estimate of drug-likeness (QED) is 0.130. The number of amides is 1. The molecule has 0 atom stereocenters. The third kappa shape index (κ3) is 6.73. The Balaban J connectivity index is 1.41. The zero-order valence-corrected chi connectivity index (χ0v) is 24.9. The molecule has 0 unspecified atom stereocenters. The highest BCUT2D eigenvalue weighted by Crippen LogP contribution is 2.28. The lowest BCUT2D eigenvalue weighted by molar-refractivity contribution is 0.0956. The van der Waals surface area contributed by atoms with Crippen LogP contribution in [0.4, 0.5) is 5.69 Å². The second-order valence-corrected chi connectivity index (χ2v) is 10.4. The van der Waals surface area contributed by atoms with Gasteiger partial charge in [-0.1, -0.05) is 77.8 Å². The lowest BCUT2D eigenvalue weighted by atomic mass is 10.0. The molecule has 8 heteroatoms. The van der Waals surface area contributed by atoms with Crippen molar-refractivity contribution >= 4 is 51.9 Å². The second-order valence-electron chi connectivity index (χ2n) is 9.56. The van der Waals surface area contributed by atoms with E-state index in [0.717, 1.165) is 40.8 Å². The Kier molecular flexibility index (Phi) is 9.37. The van der Waals surface area contributed by atoms with Gasteiger partial charge in [0.1, 0.15) is 12.4 Å². The first kappa shape index (κ1) is 29.1. The van der Waals surface area contributed by atoms with Gasteiger partial charge < -0.3 is 9.64 Å². The van der Waals surface area contributed by atoms with Crippen LogP contribution < -0.4 is 15.1 Å². The van der Waals surface area contributed by atoms with Gasteiger partial charge in [0.05, 0.1) is 23.0 Å². The number of hydrogen-bond acceptors (Lipinski definition) is 5. The van der Waals surface area contributed by atoms with Crippen molar-refractivity contribution in [3.05, 3.63) is 124 Å². The van der Waals surface area contributed by atoms with Gasteiger partial charge in [-0.3, -0.25) is 4.79 Å². The number of anilines is 1. The number of carbonyl (C=O) groups is 1. The highest BCUT2D eigenvalue weighted by Gasteiger charge is 2.14. The highest BCUT2D eigenvalue weighted by molar-refractivity contribution is 6.35. The van der Waals surface area contributed by atoms with Gasteiger partial charge in [-0.05, 0) is 50.2 Å². The number of para-hydroxylation sites is 1. The summed E-state index contributed by atoms with van der Waals surface area (Å²) in [6.45, 7) is 6.17. The summed E-state index contributed by atoms with van der Waals surface area (Å²) in [6, 6.07) is 30.4. The topological polar surface area (TPSA) is 66.8 Å². The summed E-state index contributed by atoms with van der Waals surface area (Å²) in [4.78, 5) is 20.4. The molecule has 0 aliphatic heterocycles. The molecule has 212 valence electrons. The molecule has 42 heavy (non-hydrogen) atoms. The van der Waals surface area contributed by atoms with Crippen molar-refractivity contribution in [1.29, 1.82) is 0 Å². The predicted octanol–water partition coefficient (Wildman–Crippen LogP) is 8.40. The van der Waals surface area contributed by atoms with Gasteiger partial charge in [0, 0.05) is 57.0 Å². The van der Waals surface area contributed by atoms with Crippen LogP contribution in [-0.4, -0.2) is 30.2 Å². The number of fused-ring (bicyclic) bond motifs is 1. The van der Waals surface area contributed by atoms with E-state index in [2.05, 4.69) is 29.3 Å². The molecular formula is C34H30Cl2N4O2. The van der Waals surface area contributed by atoms with Crippen LogP contribution >= 0.6 is 23.2 Å². The van der Waals surface area contributed by atoms with Crippen LogP contribution in [0.2, 0.25) is 10.0 Å². The SMILES string of the molecule is CCN(CC)c1ccc(/C=N\NC(=O)c2cc(-c3ccccc3)nc3ccccc23)c(OCc2ccc(Cl)cc2Cl)c1. The summed E-state index contributed by atoms with van der Waals surface area (Å²) in [7, 11) is 0. The first-order chi connectivity index (χ1) is 20.5. The summed E-state index contributed by atoms with van der Waals surface area (Å²) < 4.78 is 6.22. The standard InChI is InChI=1S/C34H30Cl2N4O2/c1-3-40(4-2)27-17-15-24(33(19-27)42-22-25-14-16-26(35)18-30(25)36)21-37-39-34(41)29-20-32(23-10-6-5-7-11-23)38-31-13-9-8-12-28(29)31/h5-21H,3-4,22H2,1-2H3,(H,39,41)/b37-21-. The number of nitrogens with one attached hydrogen (secondary N) is 1. The summed E-state index contributed by atoms with van der Waals surface area (Å²) >= 11 is 12.4. The summed E-state index contributed by atoms with van der Waals surface area (Å²) in [5.41, 5.74) is 8.10. The van der Waals surface area contributed by atoms with Crippen molar-refractivity contribution in [1.82, 2.24) is 10.4 Å². The van der Waals surface area contributed by atoms with Crippen molar-refractivity contribution in [3.8, 4) is 17.0 Å². The number of rotatable bonds is 10. The molecule has 0 aliphatic rings. The Labute approximate surface area is 255 Å². The number of aromatic nitrogens is 1. The minimum absolute atomic E-state index is 0.246. The van der Waals surface area contributed by atoms with Gasteiger partial charge in [0.25, 0.3) is 5.91 Å². The number of hydrogen-bond donors (Lipinski definition) is 1. The van der Waals surface area contributed by atoms with E-state index >= 15 is 0 Å². The minimum atomic E-state index is -0.336. The number of halogens is 2. The molecule has 4 aromatic carbocycles. The fourth-order valence-corrected chi connectivity index (χ4v) is 5.14. The zero-order valence-electron chi connectivity index (χ0n) is 23.4. The Morgan fingerprint density at radius 2 is 1.69 bits per heavy atom. The van der Waals surface area contributed by atoms with E-state index in [1.807, 2.05) is 78.9 Å². The molecule has 1 heterocycles. The van der Waals surface area contributed by atoms with Crippen molar-refractivity contribution in [2.75, 3.05) is 18.0 Å². The van der Waals surface area contributed by atoms with Gasteiger partial charge in [-0.2, -0.15) is 5.10 Å². The molecule has 0 aliphatic carbocycles. The van der Waals surface area contributed by atoms with Crippen molar-refractivity contribution in [3.63, 3.8) is 0 Å². The van der Waals surface area contributed by atoms with Crippen molar-refractivity contribution < 1.29 is 9.53 Å². The predicted molar refractivity (Wildman–Crippen MR) is 173 cm³/mol. The molecule has 0 radical (unpaired) electrons. The molecule has 1 amide bonds. The molecule has 0 spiro atoms. The van der Waals surface area contributed by atoms with Crippen molar-refractivity contribution in [2.24, 2.45) is 5.10 Å². The first-order valence-electron chi connectivity index (χ1n) is 13.7. The molecular weight excluding hydrogens is 567 g/mol. The van der Waals surface area contributed by atoms with Gasteiger partial charge >= 0.3 is 0 Å². The molecule has 1 N–H and O–H groups in total. The van der Waals surface area contributed by atoms with Crippen LogP contribution in [0.1, 0.15) is 35.3 Å². The molecule has 0 bridgehead atoms. The number of nitrogens with zero attached hydrogens (tertiary/aromatic N) is 3. The van der Waals surface area contributed by atoms with Gasteiger partial charge in [0.15, 0.2) is 0 Å². The Bertz CT molecular complexity index is 1740. The molecule has 0 fully saturated rings. The Morgan fingerprint density at radius 1 is 0.929 bits per heavy atom. The monoisotopic (exact) mass is 596 g/mol. The van der Waals surface area contributed by atoms with E-state index in [1.165, 1.54) is 0 Å². The molecule has 1 aromatic heterocycles. The second kappa shape index (κ2) is 13.5. The van der Waals surface area contributed by atoms with Crippen LogP contribution in [0.25, 0.3) is 22.2 Å². The highest BCUT2D eigenvalue weighted by atomic mass is 35.5. The molecule has 6 nitrogen and oxygen atoms in total. The third-order valence-corrected chi connectivity index (χ3v) is 7.51. The van der Waals surface area contributed by atoms with Crippen LogP contribution in [-0.2, 0) is 6.61 Å². The third-order valence-electron chi connectivity index (χ3n) is 6.92. The van der Waals surface area contributed by atoms with Gasteiger partial charge in [-0.15, -0.1) is 0 Å². The first-order valence-corrected chi connectivity index (χ1v) is 14.5. The fraction of sp³-hybridized carbons (Fsp3) is 0.147.